The highest BCUT2D eigenvalue weighted by Crippen LogP contribution is 1.94. The SMILES string of the molecule is N=C(N)NCCC[C@H](N)C(=O)O.NCCC[C@H](N)C(=O)O.N[C@@H](CCC(=O)O)C(=O)O. The van der Waals surface area contributed by atoms with Gasteiger partial charge >= 0.3 is 23.9 Å². The predicted octanol–water partition coefficient (Wildman–Crippen LogP) is -2.94. The molecule has 0 aromatic carbocycles. The van der Waals surface area contributed by atoms with Gasteiger partial charge in [0.1, 0.15) is 18.1 Å². The maximum absolute atomic E-state index is 10.2. The third-order valence-corrected chi connectivity index (χ3v) is 3.35. The van der Waals surface area contributed by atoms with E-state index in [4.69, 9.17) is 54.5 Å². The van der Waals surface area contributed by atoms with Crippen molar-refractivity contribution >= 4 is 29.8 Å². The Morgan fingerprint density at radius 1 is 0.774 bits per heavy atom. The van der Waals surface area contributed by atoms with Crippen LogP contribution in [0.2, 0.25) is 0 Å². The van der Waals surface area contributed by atoms with E-state index in [0.717, 1.165) is 0 Å². The molecule has 0 saturated carbocycles. The van der Waals surface area contributed by atoms with Crippen LogP contribution in [0.4, 0.5) is 0 Å². The average molecular weight is 453 g/mol. The van der Waals surface area contributed by atoms with Gasteiger partial charge in [0, 0.05) is 13.0 Å². The molecule has 15 nitrogen and oxygen atoms in total. The second kappa shape index (κ2) is 20.3. The first-order valence-electron chi connectivity index (χ1n) is 9.21. The van der Waals surface area contributed by atoms with Crippen LogP contribution in [-0.2, 0) is 19.2 Å². The molecule has 0 unspecified atom stereocenters. The molecule has 0 fully saturated rings. The summed E-state index contributed by atoms with van der Waals surface area (Å²) in [4.78, 5) is 40.1. The van der Waals surface area contributed by atoms with Crippen LogP contribution < -0.4 is 34.0 Å². The molecule has 0 aromatic heterocycles. The Balaban J connectivity index is -0.000000384. The summed E-state index contributed by atoms with van der Waals surface area (Å²) in [5.74, 6) is -4.27. The van der Waals surface area contributed by atoms with E-state index in [1.807, 2.05) is 0 Å². The summed E-state index contributed by atoms with van der Waals surface area (Å²) in [7, 11) is 0. The van der Waals surface area contributed by atoms with Crippen molar-refractivity contribution in [2.45, 2.75) is 56.7 Å². The number of nitrogens with two attached hydrogens (primary N) is 5. The molecule has 0 aromatic rings. The van der Waals surface area contributed by atoms with Gasteiger partial charge in [0.05, 0.1) is 0 Å². The van der Waals surface area contributed by atoms with Crippen LogP contribution in [-0.4, -0.2) is 81.5 Å². The van der Waals surface area contributed by atoms with Crippen LogP contribution in [0.3, 0.4) is 0 Å². The van der Waals surface area contributed by atoms with Gasteiger partial charge in [0.2, 0.25) is 0 Å². The second-order valence-electron chi connectivity index (χ2n) is 6.18. The highest BCUT2D eigenvalue weighted by atomic mass is 16.4. The van der Waals surface area contributed by atoms with Crippen LogP contribution in [0, 0.1) is 5.41 Å². The molecular weight excluding hydrogens is 418 g/mol. The zero-order chi connectivity index (χ0) is 25.0. The molecule has 0 aliphatic carbocycles. The van der Waals surface area contributed by atoms with Crippen molar-refractivity contribution in [1.29, 1.82) is 5.41 Å². The summed E-state index contributed by atoms with van der Waals surface area (Å²) in [5.41, 5.74) is 25.5. The molecule has 0 amide bonds. The van der Waals surface area contributed by atoms with E-state index in [2.05, 4.69) is 5.32 Å². The van der Waals surface area contributed by atoms with Gasteiger partial charge < -0.3 is 54.4 Å². The number of guanidine groups is 1. The van der Waals surface area contributed by atoms with Gasteiger partial charge in [0.25, 0.3) is 0 Å². The Morgan fingerprint density at radius 3 is 1.48 bits per heavy atom. The Hall–Kier alpha value is -3.01. The minimum absolute atomic E-state index is 0.0231. The molecule has 0 aliphatic heterocycles. The number of aliphatic carboxylic acids is 4. The Bertz CT molecular complexity index is 562. The lowest BCUT2D eigenvalue weighted by molar-refractivity contribution is -0.141. The van der Waals surface area contributed by atoms with Crippen molar-refractivity contribution in [2.24, 2.45) is 28.7 Å². The number of rotatable bonds is 13. The van der Waals surface area contributed by atoms with Crippen molar-refractivity contribution in [2.75, 3.05) is 13.1 Å². The fourth-order valence-corrected chi connectivity index (χ4v) is 1.53. The normalized spacial score (nSPS) is 12.5. The van der Waals surface area contributed by atoms with E-state index in [0.29, 0.717) is 38.8 Å². The topological polar surface area (TPSA) is 315 Å². The number of nitrogens with one attached hydrogen (secondary N) is 2. The summed E-state index contributed by atoms with van der Waals surface area (Å²) in [6.07, 6.45) is 1.89. The number of carboxylic acids is 4. The zero-order valence-electron chi connectivity index (χ0n) is 17.2. The summed E-state index contributed by atoms with van der Waals surface area (Å²) >= 11 is 0. The highest BCUT2D eigenvalue weighted by Gasteiger charge is 2.12. The Labute approximate surface area is 179 Å². The summed E-state index contributed by atoms with van der Waals surface area (Å²) in [6, 6.07) is -2.62. The molecule has 0 spiro atoms. The van der Waals surface area contributed by atoms with Gasteiger partial charge in [-0.3, -0.25) is 24.6 Å². The van der Waals surface area contributed by atoms with Gasteiger partial charge in [-0.2, -0.15) is 0 Å². The molecular formula is C16H35N7O8. The van der Waals surface area contributed by atoms with Crippen LogP contribution >= 0.6 is 0 Å². The minimum Gasteiger partial charge on any atom is -0.481 e. The number of carboxylic acid groups (broad SMARTS) is 4. The Kier molecular flexibility index (Phi) is 21.3. The number of hydrogen-bond acceptors (Lipinski definition) is 9. The highest BCUT2D eigenvalue weighted by molar-refractivity contribution is 5.75. The van der Waals surface area contributed by atoms with E-state index >= 15 is 0 Å². The quantitative estimate of drug-likeness (QED) is 0.0754. The largest absolute Gasteiger partial charge is 0.481 e. The van der Waals surface area contributed by atoms with Crippen molar-refractivity contribution in [3.63, 3.8) is 0 Å². The molecule has 15 heteroatoms. The van der Waals surface area contributed by atoms with Crippen molar-refractivity contribution < 1.29 is 39.6 Å². The fraction of sp³-hybridized carbons (Fsp3) is 0.688. The van der Waals surface area contributed by atoms with E-state index in [-0.39, 0.29) is 18.8 Å². The van der Waals surface area contributed by atoms with E-state index in [1.165, 1.54) is 0 Å². The molecule has 0 rings (SSSR count). The summed E-state index contributed by atoms with van der Waals surface area (Å²) in [5, 5.41) is 42.2. The number of carbonyl (C=O) groups is 4. The van der Waals surface area contributed by atoms with E-state index < -0.39 is 42.0 Å². The molecule has 182 valence electrons. The third kappa shape index (κ3) is 27.0. The van der Waals surface area contributed by atoms with Crippen LogP contribution in [0.15, 0.2) is 0 Å². The third-order valence-electron chi connectivity index (χ3n) is 3.35. The first-order valence-corrected chi connectivity index (χ1v) is 9.21. The van der Waals surface area contributed by atoms with Gasteiger partial charge in [-0.25, -0.2) is 0 Å². The lowest BCUT2D eigenvalue weighted by atomic mass is 10.2. The first-order chi connectivity index (χ1) is 14.3. The smallest absolute Gasteiger partial charge is 0.320 e. The Morgan fingerprint density at radius 2 is 1.16 bits per heavy atom. The molecule has 3 atom stereocenters. The molecule has 0 bridgehead atoms. The summed E-state index contributed by atoms with van der Waals surface area (Å²) < 4.78 is 0. The van der Waals surface area contributed by atoms with Crippen molar-refractivity contribution in [3.8, 4) is 0 Å². The number of hydrogen-bond donors (Lipinski definition) is 11. The standard InChI is InChI=1S/C6H14N4O2.C5H12N2O2.C5H9NO4/c7-4(5(11)12)2-1-3-10-6(8)9;6-3-1-2-4(7)5(8)9;6-3(5(9)10)1-2-4(7)8/h4H,1-3,7H2,(H,11,12)(H4,8,9,10);4H,1-3,6-7H2,(H,8,9);3H,1-2,6H2,(H,7,8)(H,9,10)/t2*4-;3-/m000/s1. The molecule has 31 heavy (non-hydrogen) atoms. The van der Waals surface area contributed by atoms with Gasteiger partial charge in [0.15, 0.2) is 5.96 Å². The molecule has 0 radical (unpaired) electrons. The van der Waals surface area contributed by atoms with Crippen LogP contribution in [0.5, 0.6) is 0 Å². The fourth-order valence-electron chi connectivity index (χ4n) is 1.53. The summed E-state index contributed by atoms with van der Waals surface area (Å²) in [6.45, 7) is 0.983. The maximum atomic E-state index is 10.2. The van der Waals surface area contributed by atoms with Crippen molar-refractivity contribution in [1.82, 2.24) is 5.32 Å². The van der Waals surface area contributed by atoms with Crippen LogP contribution in [0.1, 0.15) is 38.5 Å². The molecule has 0 heterocycles. The van der Waals surface area contributed by atoms with E-state index in [9.17, 15) is 19.2 Å². The molecule has 16 N–H and O–H groups in total. The minimum atomic E-state index is -1.17. The lowest BCUT2D eigenvalue weighted by Crippen LogP contribution is -2.34. The first kappa shape index (κ1) is 32.6. The van der Waals surface area contributed by atoms with Gasteiger partial charge in [-0.15, -0.1) is 0 Å². The molecule has 0 aliphatic rings. The predicted molar refractivity (Wildman–Crippen MR) is 111 cm³/mol. The van der Waals surface area contributed by atoms with Crippen molar-refractivity contribution in [3.05, 3.63) is 0 Å². The molecule has 0 saturated heterocycles. The lowest BCUT2D eigenvalue weighted by Gasteiger charge is -2.06. The van der Waals surface area contributed by atoms with Gasteiger partial charge in [-0.1, -0.05) is 0 Å². The van der Waals surface area contributed by atoms with Crippen LogP contribution in [0.25, 0.3) is 0 Å². The van der Waals surface area contributed by atoms with Gasteiger partial charge in [-0.05, 0) is 38.6 Å². The monoisotopic (exact) mass is 453 g/mol. The average Bonchev–Trinajstić information content (AvgIpc) is 2.67. The second-order valence-corrected chi connectivity index (χ2v) is 6.18. The van der Waals surface area contributed by atoms with E-state index in [1.54, 1.807) is 0 Å². The zero-order valence-corrected chi connectivity index (χ0v) is 17.2. The maximum Gasteiger partial charge on any atom is 0.320 e.